The third-order valence-electron chi connectivity index (χ3n) is 10.1. The lowest BCUT2D eigenvalue weighted by atomic mass is 9.48. The number of carbonyl (C=O) groups is 2. The Hall–Kier alpha value is -4.24. The highest BCUT2D eigenvalue weighted by Gasteiger charge is 2.50. The minimum atomic E-state index is -4.04. The number of amides is 2. The number of aromatic nitrogens is 2. The van der Waals surface area contributed by atoms with Crippen LogP contribution in [0.15, 0.2) is 83.8 Å². The number of nitrogens with one attached hydrogen (secondary N) is 3. The van der Waals surface area contributed by atoms with Gasteiger partial charge in [0.25, 0.3) is 21.8 Å². The average Bonchev–Trinajstić information content (AvgIpc) is 3.44. The number of rotatable bonds is 9. The van der Waals surface area contributed by atoms with Crippen molar-refractivity contribution < 1.29 is 18.0 Å². The zero-order valence-electron chi connectivity index (χ0n) is 25.4. The molecule has 4 fully saturated rings. The van der Waals surface area contributed by atoms with Crippen LogP contribution < -0.4 is 10.0 Å². The van der Waals surface area contributed by atoms with Crippen LogP contribution in [0.4, 0.5) is 5.69 Å². The van der Waals surface area contributed by atoms with E-state index in [0.29, 0.717) is 22.6 Å². The lowest BCUT2D eigenvalue weighted by Gasteiger charge is -2.57. The van der Waals surface area contributed by atoms with Gasteiger partial charge in [-0.2, -0.15) is 0 Å². The van der Waals surface area contributed by atoms with Gasteiger partial charge in [0.1, 0.15) is 11.5 Å². The van der Waals surface area contributed by atoms with Gasteiger partial charge in [-0.25, -0.2) is 18.1 Å². The zero-order valence-corrected chi connectivity index (χ0v) is 26.2. The zero-order chi connectivity index (χ0) is 31.2. The van der Waals surface area contributed by atoms with Gasteiger partial charge < -0.3 is 10.3 Å². The molecule has 0 saturated heterocycles. The van der Waals surface area contributed by atoms with Crippen LogP contribution in [0, 0.1) is 30.1 Å². The highest BCUT2D eigenvalue weighted by Crippen LogP contribution is 2.61. The van der Waals surface area contributed by atoms with E-state index in [1.165, 1.54) is 62.8 Å². The van der Waals surface area contributed by atoms with Crippen LogP contribution in [0.2, 0.25) is 0 Å². The lowest BCUT2D eigenvalue weighted by Crippen LogP contribution is -2.46. The Balaban J connectivity index is 1.12. The number of H-pyrrole nitrogens is 1. The molecule has 45 heavy (non-hydrogen) atoms. The van der Waals surface area contributed by atoms with Crippen LogP contribution in [0.5, 0.6) is 0 Å². The molecule has 0 aliphatic heterocycles. The second kappa shape index (κ2) is 11.6. The van der Waals surface area contributed by atoms with E-state index in [1.54, 1.807) is 30.3 Å². The van der Waals surface area contributed by atoms with Gasteiger partial charge in [0.15, 0.2) is 0 Å². The van der Waals surface area contributed by atoms with E-state index in [4.69, 9.17) is 4.98 Å². The second-order valence-corrected chi connectivity index (χ2v) is 15.1. The number of hydrogen-bond acceptors (Lipinski definition) is 5. The summed E-state index contributed by atoms with van der Waals surface area (Å²) in [6.07, 6.45) is 9.86. The van der Waals surface area contributed by atoms with Crippen LogP contribution in [0.25, 0.3) is 11.4 Å². The summed E-state index contributed by atoms with van der Waals surface area (Å²) in [4.78, 5) is 35.0. The van der Waals surface area contributed by atoms with Crippen LogP contribution in [0.1, 0.15) is 77.0 Å². The highest BCUT2D eigenvalue weighted by atomic mass is 32.2. The summed E-state index contributed by atoms with van der Waals surface area (Å²) >= 11 is 0. The monoisotopic (exact) mass is 622 g/mol. The molecule has 4 aliphatic rings. The SMILES string of the molecule is Cc1ccccc1-c1nc(C(=O)Nc2cccc(C(=O)NS(=O)(=O)c3ccccc3)c2)c(CCC23CC4CC(CC(C4)C2)C3)[nH]1. The molecule has 1 aromatic heterocycles. The maximum Gasteiger partial charge on any atom is 0.276 e. The van der Waals surface area contributed by atoms with Gasteiger partial charge in [0.05, 0.1) is 4.90 Å². The average molecular weight is 623 g/mol. The van der Waals surface area contributed by atoms with E-state index in [0.717, 1.165) is 47.4 Å². The normalized spacial score (nSPS) is 23.5. The molecule has 9 heteroatoms. The fraction of sp³-hybridized carbons (Fsp3) is 0.361. The van der Waals surface area contributed by atoms with E-state index < -0.39 is 15.9 Å². The predicted octanol–water partition coefficient (Wildman–Crippen LogP) is 6.91. The van der Waals surface area contributed by atoms with Gasteiger partial charge in [-0.05, 0) is 117 Å². The predicted molar refractivity (Wildman–Crippen MR) is 173 cm³/mol. The number of sulfonamides is 1. The van der Waals surface area contributed by atoms with Crippen molar-refractivity contribution in [3.8, 4) is 11.4 Å². The molecular weight excluding hydrogens is 584 g/mol. The molecule has 3 aromatic carbocycles. The number of nitrogens with zero attached hydrogens (tertiary/aromatic N) is 1. The number of anilines is 1. The van der Waals surface area contributed by atoms with Gasteiger partial charge >= 0.3 is 0 Å². The molecule has 4 saturated carbocycles. The maximum atomic E-state index is 13.8. The van der Waals surface area contributed by atoms with Crippen LogP contribution in [0.3, 0.4) is 0 Å². The van der Waals surface area contributed by atoms with Crippen molar-refractivity contribution in [2.24, 2.45) is 23.2 Å². The first-order chi connectivity index (χ1) is 21.7. The molecule has 4 aliphatic carbocycles. The summed E-state index contributed by atoms with van der Waals surface area (Å²) in [7, 11) is -4.04. The quantitative estimate of drug-likeness (QED) is 0.187. The number of hydrogen-bond donors (Lipinski definition) is 3. The molecule has 0 atom stereocenters. The van der Waals surface area contributed by atoms with Gasteiger partial charge in [0, 0.05) is 22.5 Å². The van der Waals surface area contributed by atoms with Crippen LogP contribution in [-0.2, 0) is 16.4 Å². The third kappa shape index (κ3) is 6.06. The Bertz CT molecular complexity index is 1830. The van der Waals surface area contributed by atoms with Crippen molar-refractivity contribution in [2.45, 2.75) is 63.2 Å². The Morgan fingerprint density at radius 3 is 2.22 bits per heavy atom. The smallest absolute Gasteiger partial charge is 0.276 e. The van der Waals surface area contributed by atoms with E-state index in [1.807, 2.05) is 31.2 Å². The van der Waals surface area contributed by atoms with Crippen molar-refractivity contribution >= 4 is 27.5 Å². The summed E-state index contributed by atoms with van der Waals surface area (Å²) in [5, 5.41) is 2.91. The third-order valence-corrected chi connectivity index (χ3v) is 11.5. The molecular formula is C36H38N4O4S. The Morgan fingerprint density at radius 1 is 0.867 bits per heavy atom. The van der Waals surface area contributed by atoms with E-state index in [2.05, 4.69) is 15.0 Å². The highest BCUT2D eigenvalue weighted by molar-refractivity contribution is 7.90. The van der Waals surface area contributed by atoms with Gasteiger partial charge in [-0.3, -0.25) is 9.59 Å². The Kier molecular flexibility index (Phi) is 7.60. The lowest BCUT2D eigenvalue weighted by molar-refractivity contribution is -0.0570. The summed E-state index contributed by atoms with van der Waals surface area (Å²) in [5.41, 5.74) is 4.03. The van der Waals surface area contributed by atoms with E-state index in [9.17, 15) is 18.0 Å². The van der Waals surface area contributed by atoms with Crippen molar-refractivity contribution in [2.75, 3.05) is 5.32 Å². The molecule has 4 bridgehead atoms. The summed E-state index contributed by atoms with van der Waals surface area (Å²) in [6, 6.07) is 22.0. The van der Waals surface area contributed by atoms with Crippen molar-refractivity contribution in [3.05, 3.63) is 101 Å². The molecule has 1 heterocycles. The summed E-state index contributed by atoms with van der Waals surface area (Å²) in [6.45, 7) is 2.03. The minimum Gasteiger partial charge on any atom is -0.341 e. The number of benzene rings is 3. The van der Waals surface area contributed by atoms with E-state index in [-0.39, 0.29) is 16.4 Å². The molecule has 2 amide bonds. The molecule has 3 N–H and O–H groups in total. The van der Waals surface area contributed by atoms with Crippen molar-refractivity contribution in [3.63, 3.8) is 0 Å². The Morgan fingerprint density at radius 2 is 1.53 bits per heavy atom. The largest absolute Gasteiger partial charge is 0.341 e. The topological polar surface area (TPSA) is 121 Å². The van der Waals surface area contributed by atoms with Crippen LogP contribution >= 0.6 is 0 Å². The van der Waals surface area contributed by atoms with Crippen molar-refractivity contribution in [1.82, 2.24) is 14.7 Å². The molecule has 0 spiro atoms. The minimum absolute atomic E-state index is 0.00753. The molecule has 232 valence electrons. The second-order valence-electron chi connectivity index (χ2n) is 13.4. The van der Waals surface area contributed by atoms with E-state index >= 15 is 0 Å². The van der Waals surface area contributed by atoms with Crippen LogP contribution in [-0.4, -0.2) is 30.2 Å². The fourth-order valence-electron chi connectivity index (χ4n) is 8.50. The number of imidazole rings is 1. The summed E-state index contributed by atoms with van der Waals surface area (Å²) in [5.74, 6) is 2.08. The number of aromatic amines is 1. The molecule has 0 unspecified atom stereocenters. The molecule has 8 rings (SSSR count). The maximum absolute atomic E-state index is 13.8. The molecule has 0 radical (unpaired) electrons. The Labute approximate surface area is 264 Å². The number of aryl methyl sites for hydroxylation is 2. The fourth-order valence-corrected chi connectivity index (χ4v) is 9.49. The molecule has 4 aromatic rings. The van der Waals surface area contributed by atoms with Gasteiger partial charge in [-0.15, -0.1) is 0 Å². The first kappa shape index (κ1) is 29.5. The molecule has 8 nitrogen and oxygen atoms in total. The first-order valence-electron chi connectivity index (χ1n) is 15.8. The number of carbonyl (C=O) groups excluding carboxylic acids is 2. The first-order valence-corrected chi connectivity index (χ1v) is 17.3. The van der Waals surface area contributed by atoms with Gasteiger partial charge in [0.2, 0.25) is 0 Å². The van der Waals surface area contributed by atoms with Crippen molar-refractivity contribution in [1.29, 1.82) is 0 Å². The summed E-state index contributed by atoms with van der Waals surface area (Å²) < 4.78 is 27.5. The standard InChI is InChI=1S/C36H38N4O4S/c1-23-8-5-6-13-30(23)33-38-31(14-15-36-20-24-16-25(21-36)18-26(17-24)22-36)32(39-33)35(42)37-28-10-7-9-27(19-28)34(41)40-45(43,44)29-11-3-2-4-12-29/h2-13,19,24-26H,14-18,20-22H2,1H3,(H,37,42)(H,38,39)(H,40,41). The van der Waals surface area contributed by atoms with Gasteiger partial charge in [-0.1, -0.05) is 48.5 Å².